The van der Waals surface area contributed by atoms with Crippen molar-refractivity contribution in [3.63, 3.8) is 0 Å². The van der Waals surface area contributed by atoms with Crippen LogP contribution in [0.1, 0.15) is 25.8 Å². The second-order valence-corrected chi connectivity index (χ2v) is 4.40. The number of anilines is 1. The molecule has 0 aliphatic heterocycles. The van der Waals surface area contributed by atoms with Crippen molar-refractivity contribution in [2.45, 2.75) is 25.7 Å². The summed E-state index contributed by atoms with van der Waals surface area (Å²) in [6, 6.07) is 8.15. The molecular formula is C14H17N. The summed E-state index contributed by atoms with van der Waals surface area (Å²) in [5.74, 6) is 0. The second kappa shape index (κ2) is 3.58. The molecule has 1 aliphatic carbocycles. The van der Waals surface area contributed by atoms with E-state index in [0.717, 1.165) is 12.1 Å². The molecule has 0 saturated carbocycles. The van der Waals surface area contributed by atoms with E-state index in [1.807, 2.05) is 12.1 Å². The Morgan fingerprint density at radius 1 is 1.27 bits per heavy atom. The molecule has 0 spiro atoms. The normalized spacial score (nSPS) is 25.1. The molecule has 1 aliphatic rings. The molecule has 1 atom stereocenters. The van der Waals surface area contributed by atoms with Crippen LogP contribution in [0.15, 0.2) is 48.1 Å². The molecule has 2 N–H and O–H groups in total. The Bertz CT molecular complexity index is 429. The Morgan fingerprint density at radius 3 is 2.67 bits per heavy atom. The maximum absolute atomic E-state index is 6.05. The van der Waals surface area contributed by atoms with Gasteiger partial charge in [0.15, 0.2) is 0 Å². The number of para-hydroxylation sites is 1. The first-order chi connectivity index (χ1) is 7.14. The molecule has 1 aromatic rings. The van der Waals surface area contributed by atoms with Gasteiger partial charge in [-0.1, -0.05) is 48.9 Å². The third-order valence-electron chi connectivity index (χ3n) is 3.43. The van der Waals surface area contributed by atoms with E-state index in [1.54, 1.807) is 0 Å². The van der Waals surface area contributed by atoms with Gasteiger partial charge in [-0.25, -0.2) is 0 Å². The Balaban J connectivity index is 2.51. The van der Waals surface area contributed by atoms with E-state index >= 15 is 0 Å². The van der Waals surface area contributed by atoms with E-state index in [4.69, 9.17) is 5.73 Å². The first-order valence-electron chi connectivity index (χ1n) is 5.33. The van der Waals surface area contributed by atoms with Gasteiger partial charge in [-0.15, -0.1) is 0 Å². The van der Waals surface area contributed by atoms with Gasteiger partial charge in [0.1, 0.15) is 0 Å². The number of nitrogens with two attached hydrogens (primary N) is 1. The molecule has 1 heteroatoms. The van der Waals surface area contributed by atoms with E-state index in [0.29, 0.717) is 0 Å². The topological polar surface area (TPSA) is 26.0 Å². The van der Waals surface area contributed by atoms with Crippen LogP contribution in [0.2, 0.25) is 0 Å². The minimum absolute atomic E-state index is 0.0695. The molecule has 78 valence electrons. The molecule has 0 saturated heterocycles. The van der Waals surface area contributed by atoms with E-state index < -0.39 is 0 Å². The maximum Gasteiger partial charge on any atom is 0.0355 e. The number of hydrogen-bond donors (Lipinski definition) is 1. The van der Waals surface area contributed by atoms with Crippen molar-refractivity contribution in [3.8, 4) is 0 Å². The van der Waals surface area contributed by atoms with Gasteiger partial charge < -0.3 is 5.73 Å². The van der Waals surface area contributed by atoms with Crippen LogP contribution in [-0.4, -0.2) is 0 Å². The molecule has 2 rings (SSSR count). The number of benzene rings is 1. The molecule has 0 fully saturated rings. The first-order valence-corrected chi connectivity index (χ1v) is 5.33. The predicted octanol–water partition coefficient (Wildman–Crippen LogP) is 3.43. The van der Waals surface area contributed by atoms with Crippen LogP contribution < -0.4 is 5.73 Å². The smallest absolute Gasteiger partial charge is 0.0355 e. The van der Waals surface area contributed by atoms with Crippen molar-refractivity contribution in [1.29, 1.82) is 0 Å². The highest BCUT2D eigenvalue weighted by Gasteiger charge is 2.29. The van der Waals surface area contributed by atoms with Crippen LogP contribution in [-0.2, 0) is 5.41 Å². The molecule has 0 amide bonds. The van der Waals surface area contributed by atoms with Gasteiger partial charge in [-0.05, 0) is 25.0 Å². The molecule has 15 heavy (non-hydrogen) atoms. The maximum atomic E-state index is 6.05. The van der Waals surface area contributed by atoms with Crippen molar-refractivity contribution >= 4 is 5.69 Å². The Labute approximate surface area is 91.3 Å². The summed E-state index contributed by atoms with van der Waals surface area (Å²) in [6.07, 6.45) is 7.54. The van der Waals surface area contributed by atoms with Gasteiger partial charge in [0, 0.05) is 11.1 Å². The highest BCUT2D eigenvalue weighted by atomic mass is 14.6. The highest BCUT2D eigenvalue weighted by molar-refractivity contribution is 5.55. The van der Waals surface area contributed by atoms with Gasteiger partial charge in [0.05, 0.1) is 0 Å². The third-order valence-corrected chi connectivity index (χ3v) is 3.43. The minimum Gasteiger partial charge on any atom is -0.398 e. The van der Waals surface area contributed by atoms with E-state index in [1.165, 1.54) is 11.1 Å². The Hall–Kier alpha value is -1.50. The Kier molecular flexibility index (Phi) is 2.39. The summed E-state index contributed by atoms with van der Waals surface area (Å²) in [7, 11) is 0. The van der Waals surface area contributed by atoms with Crippen LogP contribution in [0.5, 0.6) is 0 Å². The van der Waals surface area contributed by atoms with Crippen molar-refractivity contribution in [2.75, 3.05) is 5.73 Å². The lowest BCUT2D eigenvalue weighted by atomic mass is 9.71. The lowest BCUT2D eigenvalue weighted by Crippen LogP contribution is -2.25. The molecule has 0 radical (unpaired) electrons. The van der Waals surface area contributed by atoms with Gasteiger partial charge in [0.2, 0.25) is 0 Å². The van der Waals surface area contributed by atoms with Crippen molar-refractivity contribution in [3.05, 3.63) is 53.6 Å². The molecular weight excluding hydrogens is 182 g/mol. The quantitative estimate of drug-likeness (QED) is 0.689. The highest BCUT2D eigenvalue weighted by Crippen LogP contribution is 2.40. The average Bonchev–Trinajstić information content (AvgIpc) is 2.23. The number of rotatable bonds is 1. The van der Waals surface area contributed by atoms with Crippen LogP contribution in [0.3, 0.4) is 0 Å². The van der Waals surface area contributed by atoms with Crippen molar-refractivity contribution < 1.29 is 0 Å². The van der Waals surface area contributed by atoms with Crippen LogP contribution in [0.4, 0.5) is 5.69 Å². The summed E-state index contributed by atoms with van der Waals surface area (Å²) in [4.78, 5) is 0. The fraction of sp³-hybridized carbons (Fsp3) is 0.286. The van der Waals surface area contributed by atoms with Gasteiger partial charge >= 0.3 is 0 Å². The zero-order valence-corrected chi connectivity index (χ0v) is 9.33. The Morgan fingerprint density at radius 2 is 2.00 bits per heavy atom. The summed E-state index contributed by atoms with van der Waals surface area (Å²) >= 11 is 0. The first kappa shape index (κ1) is 10.0. The average molecular weight is 199 g/mol. The molecule has 0 heterocycles. The largest absolute Gasteiger partial charge is 0.398 e. The third kappa shape index (κ3) is 1.58. The van der Waals surface area contributed by atoms with Crippen molar-refractivity contribution in [1.82, 2.24) is 0 Å². The van der Waals surface area contributed by atoms with Gasteiger partial charge in [-0.3, -0.25) is 0 Å². The molecule has 1 nitrogen and oxygen atoms in total. The van der Waals surface area contributed by atoms with E-state index in [2.05, 4.69) is 44.2 Å². The predicted molar refractivity (Wildman–Crippen MR) is 65.7 cm³/mol. The number of hydrogen-bond acceptors (Lipinski definition) is 1. The zero-order valence-electron chi connectivity index (χ0n) is 9.33. The second-order valence-electron chi connectivity index (χ2n) is 4.40. The molecule has 1 aromatic carbocycles. The van der Waals surface area contributed by atoms with E-state index in [-0.39, 0.29) is 5.41 Å². The fourth-order valence-electron chi connectivity index (χ4n) is 2.18. The number of nitrogen functional groups attached to an aromatic ring is 1. The van der Waals surface area contributed by atoms with E-state index in [9.17, 15) is 0 Å². The zero-order chi connectivity index (χ0) is 10.9. The fourth-order valence-corrected chi connectivity index (χ4v) is 2.18. The summed E-state index contributed by atoms with van der Waals surface area (Å²) in [5.41, 5.74) is 9.63. The molecule has 0 aromatic heterocycles. The lowest BCUT2D eigenvalue weighted by molar-refractivity contribution is 0.562. The van der Waals surface area contributed by atoms with Crippen molar-refractivity contribution in [2.24, 2.45) is 0 Å². The molecule has 0 bridgehead atoms. The summed E-state index contributed by atoms with van der Waals surface area (Å²) < 4.78 is 0. The van der Waals surface area contributed by atoms with Crippen LogP contribution in [0.25, 0.3) is 0 Å². The standard InChI is InChI=1S/C14H17N/c1-11-7-5-6-10-14(11,2)12-8-3-4-9-13(12)15/h3-9H,10,15H2,1-2H3. The molecule has 1 unspecified atom stereocenters. The lowest BCUT2D eigenvalue weighted by Gasteiger charge is -2.33. The van der Waals surface area contributed by atoms with Gasteiger partial charge in [-0.2, -0.15) is 0 Å². The minimum atomic E-state index is 0.0695. The van der Waals surface area contributed by atoms with Crippen LogP contribution in [0, 0.1) is 0 Å². The number of allylic oxidation sites excluding steroid dienone is 4. The summed E-state index contributed by atoms with van der Waals surface area (Å²) in [6.45, 7) is 4.43. The SMILES string of the molecule is CC1=CC=CCC1(C)c1ccccc1N. The van der Waals surface area contributed by atoms with Gasteiger partial charge in [0.25, 0.3) is 0 Å². The van der Waals surface area contributed by atoms with Crippen LogP contribution >= 0.6 is 0 Å². The summed E-state index contributed by atoms with van der Waals surface area (Å²) in [5, 5.41) is 0. The monoisotopic (exact) mass is 199 g/mol.